The highest BCUT2D eigenvalue weighted by Gasteiger charge is 2.22. The fourth-order valence-corrected chi connectivity index (χ4v) is 2.31. The minimum atomic E-state index is 0.0729. The number of hydrogen-bond acceptors (Lipinski definition) is 3. The van der Waals surface area contributed by atoms with Gasteiger partial charge in [0.1, 0.15) is 5.76 Å². The first kappa shape index (κ1) is 12.2. The average molecular weight is 236 g/mol. The molecule has 1 fully saturated rings. The van der Waals surface area contributed by atoms with Crippen LogP contribution in [0.4, 0.5) is 0 Å². The lowest BCUT2D eigenvalue weighted by molar-refractivity contribution is -0.122. The fourth-order valence-electron chi connectivity index (χ4n) is 2.31. The van der Waals surface area contributed by atoms with Gasteiger partial charge < -0.3 is 15.5 Å². The predicted molar refractivity (Wildman–Crippen MR) is 65.4 cm³/mol. The molecule has 0 aromatic carbocycles. The van der Waals surface area contributed by atoms with Crippen LogP contribution >= 0.6 is 0 Å². The summed E-state index contributed by atoms with van der Waals surface area (Å²) in [6.07, 6.45) is 7.12. The van der Waals surface area contributed by atoms with Gasteiger partial charge in [0, 0.05) is 24.9 Å². The highest BCUT2D eigenvalue weighted by Crippen LogP contribution is 2.17. The normalized spacial score (nSPS) is 24.5. The van der Waals surface area contributed by atoms with Crippen LogP contribution in [0.15, 0.2) is 22.8 Å². The number of aryl methyl sites for hydroxylation is 1. The Balaban J connectivity index is 1.73. The Bertz CT molecular complexity index is 348. The van der Waals surface area contributed by atoms with Crippen molar-refractivity contribution in [2.24, 2.45) is 5.73 Å². The summed E-state index contributed by atoms with van der Waals surface area (Å²) in [5.74, 6) is 0.928. The first-order valence-electron chi connectivity index (χ1n) is 6.33. The largest absolute Gasteiger partial charge is 0.469 e. The molecule has 1 aliphatic carbocycles. The first-order chi connectivity index (χ1) is 8.25. The van der Waals surface area contributed by atoms with E-state index in [9.17, 15) is 4.79 Å². The monoisotopic (exact) mass is 236 g/mol. The van der Waals surface area contributed by atoms with E-state index in [-0.39, 0.29) is 18.0 Å². The summed E-state index contributed by atoms with van der Waals surface area (Å²) >= 11 is 0. The molecule has 2 rings (SSSR count). The van der Waals surface area contributed by atoms with Crippen LogP contribution in [-0.2, 0) is 11.2 Å². The second-order valence-electron chi connectivity index (χ2n) is 4.70. The van der Waals surface area contributed by atoms with Crippen molar-refractivity contribution in [2.45, 2.75) is 50.6 Å². The maximum atomic E-state index is 11.7. The van der Waals surface area contributed by atoms with Crippen molar-refractivity contribution in [1.29, 1.82) is 0 Å². The van der Waals surface area contributed by atoms with Crippen LogP contribution in [0.1, 0.15) is 37.9 Å². The summed E-state index contributed by atoms with van der Waals surface area (Å²) < 4.78 is 5.19. The first-order valence-corrected chi connectivity index (χ1v) is 6.33. The molecule has 4 heteroatoms. The van der Waals surface area contributed by atoms with Crippen molar-refractivity contribution in [3.05, 3.63) is 24.2 Å². The van der Waals surface area contributed by atoms with E-state index in [1.54, 1.807) is 6.26 Å². The van der Waals surface area contributed by atoms with Gasteiger partial charge in [-0.2, -0.15) is 0 Å². The molecule has 1 aromatic rings. The molecule has 0 saturated heterocycles. The number of carbonyl (C=O) groups is 1. The van der Waals surface area contributed by atoms with Gasteiger partial charge in [-0.15, -0.1) is 0 Å². The van der Waals surface area contributed by atoms with Gasteiger partial charge in [0.25, 0.3) is 0 Å². The molecule has 1 aromatic heterocycles. The van der Waals surface area contributed by atoms with E-state index < -0.39 is 0 Å². The molecule has 3 N–H and O–H groups in total. The predicted octanol–water partition coefficient (Wildman–Crippen LogP) is 1.60. The van der Waals surface area contributed by atoms with E-state index in [0.29, 0.717) is 12.8 Å². The van der Waals surface area contributed by atoms with Crippen LogP contribution in [0.2, 0.25) is 0 Å². The molecule has 1 heterocycles. The van der Waals surface area contributed by atoms with Crippen LogP contribution in [0.5, 0.6) is 0 Å². The zero-order valence-corrected chi connectivity index (χ0v) is 10.0. The third kappa shape index (κ3) is 3.60. The van der Waals surface area contributed by atoms with Crippen molar-refractivity contribution >= 4 is 5.91 Å². The van der Waals surface area contributed by atoms with E-state index in [0.717, 1.165) is 25.0 Å². The lowest BCUT2D eigenvalue weighted by atomic mass is 9.91. The Morgan fingerprint density at radius 2 is 2.29 bits per heavy atom. The van der Waals surface area contributed by atoms with E-state index in [1.165, 1.54) is 6.42 Å². The Morgan fingerprint density at radius 3 is 3.00 bits per heavy atom. The number of nitrogens with one attached hydrogen (secondary N) is 1. The lowest BCUT2D eigenvalue weighted by Crippen LogP contribution is -2.49. The molecule has 1 aliphatic rings. The molecule has 0 aliphatic heterocycles. The van der Waals surface area contributed by atoms with Crippen LogP contribution in [0.3, 0.4) is 0 Å². The zero-order valence-electron chi connectivity index (χ0n) is 10.0. The SMILES string of the molecule is N[C@@H]1CCCC[C@H]1NC(=O)CCc1ccco1. The summed E-state index contributed by atoms with van der Waals surface area (Å²) in [6, 6.07) is 4.01. The van der Waals surface area contributed by atoms with Crippen molar-refractivity contribution in [2.75, 3.05) is 0 Å². The minimum Gasteiger partial charge on any atom is -0.469 e. The average Bonchev–Trinajstić information content (AvgIpc) is 2.82. The number of rotatable bonds is 4. The van der Waals surface area contributed by atoms with Crippen molar-refractivity contribution < 1.29 is 9.21 Å². The Labute approximate surface area is 102 Å². The molecular weight excluding hydrogens is 216 g/mol. The summed E-state index contributed by atoms with van der Waals surface area (Å²) in [6.45, 7) is 0. The van der Waals surface area contributed by atoms with Gasteiger partial charge >= 0.3 is 0 Å². The fraction of sp³-hybridized carbons (Fsp3) is 0.615. The second kappa shape index (κ2) is 5.87. The van der Waals surface area contributed by atoms with Crippen molar-refractivity contribution in [3.63, 3.8) is 0 Å². The molecule has 2 atom stereocenters. The van der Waals surface area contributed by atoms with Crippen LogP contribution in [0.25, 0.3) is 0 Å². The third-order valence-electron chi connectivity index (χ3n) is 3.34. The van der Waals surface area contributed by atoms with Crippen molar-refractivity contribution in [1.82, 2.24) is 5.32 Å². The standard InChI is InChI=1S/C13H20N2O2/c14-11-5-1-2-6-12(11)15-13(16)8-7-10-4-3-9-17-10/h3-4,9,11-12H,1-2,5-8,14H2,(H,15,16)/t11-,12-/m1/s1. The number of hydrogen-bond donors (Lipinski definition) is 2. The van der Waals surface area contributed by atoms with Gasteiger partial charge in [0.05, 0.1) is 6.26 Å². The number of carbonyl (C=O) groups excluding carboxylic acids is 1. The van der Waals surface area contributed by atoms with Crippen LogP contribution < -0.4 is 11.1 Å². The van der Waals surface area contributed by atoms with Gasteiger partial charge in [0.2, 0.25) is 5.91 Å². The maximum Gasteiger partial charge on any atom is 0.220 e. The topological polar surface area (TPSA) is 68.3 Å². The van der Waals surface area contributed by atoms with E-state index >= 15 is 0 Å². The van der Waals surface area contributed by atoms with Gasteiger partial charge in [-0.05, 0) is 25.0 Å². The van der Waals surface area contributed by atoms with E-state index in [1.807, 2.05) is 12.1 Å². The Morgan fingerprint density at radius 1 is 1.47 bits per heavy atom. The molecule has 1 saturated carbocycles. The molecule has 94 valence electrons. The van der Waals surface area contributed by atoms with Gasteiger partial charge in [-0.25, -0.2) is 0 Å². The second-order valence-corrected chi connectivity index (χ2v) is 4.70. The highest BCUT2D eigenvalue weighted by molar-refractivity contribution is 5.76. The number of amides is 1. The lowest BCUT2D eigenvalue weighted by Gasteiger charge is -2.29. The van der Waals surface area contributed by atoms with E-state index in [2.05, 4.69) is 5.32 Å². The molecule has 0 radical (unpaired) electrons. The number of furan rings is 1. The van der Waals surface area contributed by atoms with Gasteiger partial charge in [0.15, 0.2) is 0 Å². The smallest absolute Gasteiger partial charge is 0.220 e. The summed E-state index contributed by atoms with van der Waals surface area (Å²) in [4.78, 5) is 11.7. The highest BCUT2D eigenvalue weighted by atomic mass is 16.3. The van der Waals surface area contributed by atoms with Crippen LogP contribution in [0, 0.1) is 0 Å². The molecule has 1 amide bonds. The Hall–Kier alpha value is -1.29. The number of nitrogens with two attached hydrogens (primary N) is 1. The molecule has 4 nitrogen and oxygen atoms in total. The molecule has 0 spiro atoms. The molecule has 0 bridgehead atoms. The van der Waals surface area contributed by atoms with Gasteiger partial charge in [-0.3, -0.25) is 4.79 Å². The molecule has 17 heavy (non-hydrogen) atoms. The van der Waals surface area contributed by atoms with Crippen LogP contribution in [-0.4, -0.2) is 18.0 Å². The minimum absolute atomic E-state index is 0.0729. The molecule has 0 unspecified atom stereocenters. The quantitative estimate of drug-likeness (QED) is 0.834. The molecular formula is C13H20N2O2. The maximum absolute atomic E-state index is 11.7. The summed E-state index contributed by atoms with van der Waals surface area (Å²) in [5.41, 5.74) is 5.98. The van der Waals surface area contributed by atoms with Crippen molar-refractivity contribution in [3.8, 4) is 0 Å². The Kier molecular flexibility index (Phi) is 4.20. The van der Waals surface area contributed by atoms with Gasteiger partial charge in [-0.1, -0.05) is 12.8 Å². The third-order valence-corrected chi connectivity index (χ3v) is 3.34. The zero-order chi connectivity index (χ0) is 12.1. The summed E-state index contributed by atoms with van der Waals surface area (Å²) in [5, 5.41) is 3.03. The summed E-state index contributed by atoms with van der Waals surface area (Å²) in [7, 11) is 0. The van der Waals surface area contributed by atoms with E-state index in [4.69, 9.17) is 10.2 Å².